The molecule has 3 aromatic rings. The first kappa shape index (κ1) is 15.0. The van der Waals surface area contributed by atoms with Gasteiger partial charge >= 0.3 is 0 Å². The smallest absolute Gasteiger partial charge is 0.139 e. The van der Waals surface area contributed by atoms with E-state index in [1.165, 1.54) is 21.4 Å². The average Bonchev–Trinajstić information content (AvgIpc) is 2.92. The first-order valence-corrected chi connectivity index (χ1v) is 8.60. The second kappa shape index (κ2) is 5.71. The van der Waals surface area contributed by atoms with Gasteiger partial charge in [0.25, 0.3) is 0 Å². The minimum Gasteiger partial charge on any atom is -0.322 e. The van der Waals surface area contributed by atoms with Crippen molar-refractivity contribution >= 4 is 49.9 Å². The van der Waals surface area contributed by atoms with E-state index >= 15 is 0 Å². The Morgan fingerprint density at radius 3 is 2.71 bits per heavy atom. The van der Waals surface area contributed by atoms with Crippen LogP contribution in [-0.4, -0.2) is 9.55 Å². The molecule has 3 rings (SSSR count). The molecule has 0 saturated carbocycles. The summed E-state index contributed by atoms with van der Waals surface area (Å²) in [7, 11) is 0. The van der Waals surface area contributed by atoms with Crippen LogP contribution in [0, 0.1) is 19.7 Å². The predicted octanol–water partition coefficient (Wildman–Crippen LogP) is 5.40. The minimum absolute atomic E-state index is 0.303. The lowest BCUT2D eigenvalue weighted by Crippen LogP contribution is -2.02. The van der Waals surface area contributed by atoms with Crippen LogP contribution in [-0.2, 0) is 12.4 Å². The molecular formula is C15H13BrClFN2S. The molecule has 0 spiro atoms. The number of rotatable bonds is 3. The lowest BCUT2D eigenvalue weighted by molar-refractivity contribution is 0.622. The molecule has 6 heteroatoms. The topological polar surface area (TPSA) is 17.8 Å². The molecule has 0 N–H and O–H groups in total. The minimum atomic E-state index is -0.309. The Kier molecular flexibility index (Phi) is 4.08. The summed E-state index contributed by atoms with van der Waals surface area (Å²) < 4.78 is 16.1. The van der Waals surface area contributed by atoms with Crippen molar-refractivity contribution in [1.29, 1.82) is 0 Å². The van der Waals surface area contributed by atoms with E-state index in [2.05, 4.69) is 45.4 Å². The number of nitrogens with zero attached hydrogens (tertiary/aromatic N) is 2. The Balaban J connectivity index is 2.13. The van der Waals surface area contributed by atoms with Gasteiger partial charge in [0.2, 0.25) is 0 Å². The largest absolute Gasteiger partial charge is 0.322 e. The van der Waals surface area contributed by atoms with Gasteiger partial charge in [-0.2, -0.15) is 0 Å². The van der Waals surface area contributed by atoms with Crippen LogP contribution in [0.5, 0.6) is 0 Å². The second-order valence-electron chi connectivity index (χ2n) is 4.95. The molecule has 2 nitrogen and oxygen atoms in total. The molecule has 0 aliphatic heterocycles. The van der Waals surface area contributed by atoms with Crippen molar-refractivity contribution in [3.63, 3.8) is 0 Å². The van der Waals surface area contributed by atoms with E-state index in [0.717, 1.165) is 11.3 Å². The van der Waals surface area contributed by atoms with Gasteiger partial charge in [-0.3, -0.25) is 0 Å². The molecule has 110 valence electrons. The van der Waals surface area contributed by atoms with E-state index in [-0.39, 0.29) is 5.82 Å². The highest BCUT2D eigenvalue weighted by Gasteiger charge is 2.14. The molecule has 0 aliphatic carbocycles. The molecule has 21 heavy (non-hydrogen) atoms. The average molecular weight is 388 g/mol. The normalized spacial score (nSPS) is 11.5. The van der Waals surface area contributed by atoms with Gasteiger partial charge in [0.1, 0.15) is 11.6 Å². The molecule has 2 heterocycles. The first-order chi connectivity index (χ1) is 9.99. The number of hydrogen-bond donors (Lipinski definition) is 0. The number of aromatic nitrogens is 2. The predicted molar refractivity (Wildman–Crippen MR) is 89.8 cm³/mol. The zero-order valence-electron chi connectivity index (χ0n) is 11.6. The van der Waals surface area contributed by atoms with Crippen LogP contribution >= 0.6 is 38.9 Å². The lowest BCUT2D eigenvalue weighted by Gasteiger charge is -2.06. The van der Waals surface area contributed by atoms with Crippen molar-refractivity contribution in [1.82, 2.24) is 9.55 Å². The highest BCUT2D eigenvalue weighted by atomic mass is 79.9. The summed E-state index contributed by atoms with van der Waals surface area (Å²) in [5.41, 5.74) is 2.82. The van der Waals surface area contributed by atoms with Crippen molar-refractivity contribution in [3.8, 4) is 0 Å². The molecule has 0 fully saturated rings. The van der Waals surface area contributed by atoms with Gasteiger partial charge in [-0.25, -0.2) is 9.37 Å². The fourth-order valence-corrected chi connectivity index (χ4v) is 3.91. The summed E-state index contributed by atoms with van der Waals surface area (Å²) in [6, 6.07) is 5.39. The Morgan fingerprint density at radius 1 is 1.33 bits per heavy atom. The van der Waals surface area contributed by atoms with E-state index in [1.54, 1.807) is 17.4 Å². The number of alkyl halides is 1. The number of thiophene rings is 1. The molecule has 0 saturated heterocycles. The van der Waals surface area contributed by atoms with Crippen LogP contribution in [0.3, 0.4) is 0 Å². The Hall–Kier alpha value is -0.910. The Labute approximate surface area is 139 Å². The van der Waals surface area contributed by atoms with Crippen molar-refractivity contribution in [3.05, 3.63) is 49.6 Å². The SMILES string of the molecule is Cc1cc(Cn2c(CCl)nc3cc(F)c(Br)cc32)sc1C. The first-order valence-electron chi connectivity index (χ1n) is 6.45. The van der Waals surface area contributed by atoms with E-state index in [4.69, 9.17) is 11.6 Å². The third-order valence-electron chi connectivity index (χ3n) is 3.52. The molecule has 0 amide bonds. The van der Waals surface area contributed by atoms with Crippen LogP contribution < -0.4 is 0 Å². The van der Waals surface area contributed by atoms with Crippen molar-refractivity contribution < 1.29 is 4.39 Å². The van der Waals surface area contributed by atoms with E-state index < -0.39 is 0 Å². The van der Waals surface area contributed by atoms with Gasteiger partial charge in [-0.05, 0) is 47.5 Å². The summed E-state index contributed by atoms with van der Waals surface area (Å²) in [4.78, 5) is 6.99. The molecule has 2 aromatic heterocycles. The highest BCUT2D eigenvalue weighted by Crippen LogP contribution is 2.28. The Bertz CT molecular complexity index is 805. The van der Waals surface area contributed by atoms with Crippen LogP contribution in [0.15, 0.2) is 22.7 Å². The lowest BCUT2D eigenvalue weighted by atomic mass is 10.2. The third-order valence-corrected chi connectivity index (χ3v) is 5.50. The molecule has 0 aliphatic rings. The summed E-state index contributed by atoms with van der Waals surface area (Å²) in [5.74, 6) is 0.751. The maximum atomic E-state index is 13.6. The standard InChI is InChI=1S/C15H13BrClFN2S/c1-8-3-10(21-9(8)2)7-20-14-4-11(16)12(18)5-13(14)19-15(20)6-17/h3-5H,6-7H2,1-2H3. The van der Waals surface area contributed by atoms with E-state index in [1.807, 2.05) is 0 Å². The fourth-order valence-electron chi connectivity index (χ4n) is 2.33. The van der Waals surface area contributed by atoms with Gasteiger partial charge < -0.3 is 4.57 Å². The molecule has 0 radical (unpaired) electrons. The zero-order chi connectivity index (χ0) is 15.1. The fraction of sp³-hybridized carbons (Fsp3) is 0.267. The van der Waals surface area contributed by atoms with Crippen LogP contribution in [0.25, 0.3) is 11.0 Å². The van der Waals surface area contributed by atoms with Crippen LogP contribution in [0.4, 0.5) is 4.39 Å². The maximum absolute atomic E-state index is 13.6. The quantitative estimate of drug-likeness (QED) is 0.550. The summed E-state index contributed by atoms with van der Waals surface area (Å²) >= 11 is 11.0. The molecule has 1 aromatic carbocycles. The number of fused-ring (bicyclic) bond motifs is 1. The monoisotopic (exact) mass is 386 g/mol. The van der Waals surface area contributed by atoms with Crippen molar-refractivity contribution in [2.45, 2.75) is 26.3 Å². The maximum Gasteiger partial charge on any atom is 0.139 e. The number of imidazole rings is 1. The van der Waals surface area contributed by atoms with Crippen LogP contribution in [0.2, 0.25) is 0 Å². The van der Waals surface area contributed by atoms with Gasteiger partial charge in [0.05, 0.1) is 27.9 Å². The van der Waals surface area contributed by atoms with Gasteiger partial charge in [-0.1, -0.05) is 0 Å². The molecule has 0 unspecified atom stereocenters. The van der Waals surface area contributed by atoms with E-state index in [0.29, 0.717) is 22.4 Å². The number of aryl methyl sites for hydroxylation is 2. The van der Waals surface area contributed by atoms with E-state index in [9.17, 15) is 4.39 Å². The number of halogens is 3. The summed E-state index contributed by atoms with van der Waals surface area (Å²) in [6.45, 7) is 4.93. The summed E-state index contributed by atoms with van der Waals surface area (Å²) in [5, 5.41) is 0. The number of hydrogen-bond acceptors (Lipinski definition) is 2. The second-order valence-corrected chi connectivity index (χ2v) is 7.42. The third kappa shape index (κ3) is 2.74. The highest BCUT2D eigenvalue weighted by molar-refractivity contribution is 9.10. The van der Waals surface area contributed by atoms with Crippen LogP contribution in [0.1, 0.15) is 21.1 Å². The van der Waals surface area contributed by atoms with Gasteiger partial charge in [0, 0.05) is 15.8 Å². The molecular weight excluding hydrogens is 375 g/mol. The van der Waals surface area contributed by atoms with Crippen molar-refractivity contribution in [2.75, 3.05) is 0 Å². The molecule has 0 bridgehead atoms. The van der Waals surface area contributed by atoms with Gasteiger partial charge in [-0.15, -0.1) is 22.9 Å². The van der Waals surface area contributed by atoms with Crippen molar-refractivity contribution in [2.24, 2.45) is 0 Å². The zero-order valence-corrected chi connectivity index (χ0v) is 14.7. The summed E-state index contributed by atoms with van der Waals surface area (Å²) in [6.07, 6.45) is 0. The van der Waals surface area contributed by atoms with Gasteiger partial charge in [0.15, 0.2) is 0 Å². The molecule has 0 atom stereocenters. The number of benzene rings is 1. The Morgan fingerprint density at radius 2 is 2.10 bits per heavy atom.